The number of aromatic nitrogens is 2. The zero-order chi connectivity index (χ0) is 21.4. The Hall–Kier alpha value is -3.28. The summed E-state index contributed by atoms with van der Waals surface area (Å²) in [6, 6.07) is 15.4. The van der Waals surface area contributed by atoms with Crippen LogP contribution in [0.5, 0.6) is 5.75 Å². The summed E-state index contributed by atoms with van der Waals surface area (Å²) in [5, 5.41) is 3.34. The molecule has 31 heavy (non-hydrogen) atoms. The van der Waals surface area contributed by atoms with E-state index in [0.29, 0.717) is 11.5 Å². The number of para-hydroxylation sites is 3. The second-order valence-electron chi connectivity index (χ2n) is 8.27. The average molecular weight is 418 g/mol. The van der Waals surface area contributed by atoms with Gasteiger partial charge in [0.25, 0.3) is 0 Å². The van der Waals surface area contributed by atoms with Crippen molar-refractivity contribution in [3.8, 4) is 5.75 Å². The van der Waals surface area contributed by atoms with Gasteiger partial charge >= 0.3 is 5.97 Å². The SMILES string of the molecule is COc1ccccc1[C@H]1C(C(=O)OC2CCCCC2)=C(C)Nc2nc3ccccc3n21. The number of methoxy groups -OCH3 is 1. The van der Waals surface area contributed by atoms with Crippen molar-refractivity contribution in [2.24, 2.45) is 0 Å². The molecule has 0 saturated heterocycles. The lowest BCUT2D eigenvalue weighted by Crippen LogP contribution is -2.31. The first-order valence-corrected chi connectivity index (χ1v) is 11.0. The molecule has 5 rings (SSSR count). The fourth-order valence-corrected chi connectivity index (χ4v) is 4.81. The van der Waals surface area contributed by atoms with Crippen LogP contribution in [0, 0.1) is 0 Å². The lowest BCUT2D eigenvalue weighted by atomic mass is 9.93. The molecule has 2 aromatic carbocycles. The van der Waals surface area contributed by atoms with Gasteiger partial charge in [-0.15, -0.1) is 0 Å². The molecule has 0 spiro atoms. The number of anilines is 1. The molecule has 1 N–H and O–H groups in total. The van der Waals surface area contributed by atoms with Crippen LogP contribution < -0.4 is 10.1 Å². The molecule has 1 atom stereocenters. The van der Waals surface area contributed by atoms with Crippen LogP contribution in [0.3, 0.4) is 0 Å². The zero-order valence-electron chi connectivity index (χ0n) is 17.9. The van der Waals surface area contributed by atoms with E-state index in [0.717, 1.165) is 53.7 Å². The molecule has 1 saturated carbocycles. The summed E-state index contributed by atoms with van der Waals surface area (Å²) >= 11 is 0. The van der Waals surface area contributed by atoms with E-state index >= 15 is 0 Å². The molecule has 1 aliphatic carbocycles. The molecule has 1 aliphatic heterocycles. The van der Waals surface area contributed by atoms with Gasteiger partial charge in [-0.1, -0.05) is 36.8 Å². The molecule has 1 aromatic heterocycles. The van der Waals surface area contributed by atoms with Crippen molar-refractivity contribution in [1.29, 1.82) is 0 Å². The standard InChI is InChI=1S/C25H27N3O3/c1-16-22(24(29)31-17-10-4-3-5-11-17)23(18-12-6-9-15-21(18)30-2)28-20-14-8-7-13-19(20)27-25(28)26-16/h6-9,12-15,17,23H,3-5,10-11H2,1-2H3,(H,26,27)/t23-/m0/s1. The Balaban J connectivity index is 1.65. The van der Waals surface area contributed by atoms with Gasteiger partial charge in [-0.25, -0.2) is 9.78 Å². The van der Waals surface area contributed by atoms with E-state index in [1.165, 1.54) is 6.42 Å². The smallest absolute Gasteiger partial charge is 0.338 e. The number of nitrogens with one attached hydrogen (secondary N) is 1. The van der Waals surface area contributed by atoms with Crippen LogP contribution in [-0.2, 0) is 9.53 Å². The van der Waals surface area contributed by atoms with Gasteiger partial charge in [-0.3, -0.25) is 4.57 Å². The van der Waals surface area contributed by atoms with Gasteiger partial charge in [0.05, 0.1) is 29.8 Å². The summed E-state index contributed by atoms with van der Waals surface area (Å²) in [6.45, 7) is 1.92. The van der Waals surface area contributed by atoms with Crippen molar-refractivity contribution in [2.45, 2.75) is 51.2 Å². The molecule has 0 bridgehead atoms. The Labute approximate surface area is 181 Å². The van der Waals surface area contributed by atoms with Gasteiger partial charge in [-0.2, -0.15) is 0 Å². The van der Waals surface area contributed by atoms with Crippen LogP contribution in [0.2, 0.25) is 0 Å². The van der Waals surface area contributed by atoms with Crippen LogP contribution in [0.15, 0.2) is 59.8 Å². The number of rotatable bonds is 4. The lowest BCUT2D eigenvalue weighted by Gasteiger charge is -2.32. The summed E-state index contributed by atoms with van der Waals surface area (Å²) in [5.41, 5.74) is 4.10. The number of allylic oxidation sites excluding steroid dienone is 1. The van der Waals surface area contributed by atoms with Crippen LogP contribution >= 0.6 is 0 Å². The first-order valence-electron chi connectivity index (χ1n) is 11.0. The van der Waals surface area contributed by atoms with Gasteiger partial charge in [0.2, 0.25) is 5.95 Å². The van der Waals surface area contributed by atoms with Crippen LogP contribution in [0.4, 0.5) is 5.95 Å². The monoisotopic (exact) mass is 417 g/mol. The average Bonchev–Trinajstić information content (AvgIpc) is 3.16. The highest BCUT2D eigenvalue weighted by molar-refractivity contribution is 5.94. The maximum atomic E-state index is 13.5. The second kappa shape index (κ2) is 8.10. The fraction of sp³-hybridized carbons (Fsp3) is 0.360. The Morgan fingerprint density at radius 3 is 2.61 bits per heavy atom. The van der Waals surface area contributed by atoms with Crippen LogP contribution in [0.1, 0.15) is 50.6 Å². The van der Waals surface area contributed by atoms with Crippen molar-refractivity contribution in [1.82, 2.24) is 9.55 Å². The number of nitrogens with zero attached hydrogens (tertiary/aromatic N) is 2. The molecule has 6 nitrogen and oxygen atoms in total. The number of hydrogen-bond acceptors (Lipinski definition) is 5. The molecule has 2 aliphatic rings. The number of hydrogen-bond donors (Lipinski definition) is 1. The maximum Gasteiger partial charge on any atom is 0.338 e. The molecule has 3 aromatic rings. The van der Waals surface area contributed by atoms with E-state index in [1.807, 2.05) is 55.5 Å². The quantitative estimate of drug-likeness (QED) is 0.591. The minimum absolute atomic E-state index is 0.0132. The summed E-state index contributed by atoms with van der Waals surface area (Å²) in [4.78, 5) is 18.3. The summed E-state index contributed by atoms with van der Waals surface area (Å²) in [7, 11) is 1.66. The minimum atomic E-state index is -0.393. The van der Waals surface area contributed by atoms with E-state index in [9.17, 15) is 4.79 Å². The molecular weight excluding hydrogens is 390 g/mol. The van der Waals surface area contributed by atoms with E-state index in [-0.39, 0.29) is 12.1 Å². The van der Waals surface area contributed by atoms with Crippen molar-refractivity contribution in [2.75, 3.05) is 12.4 Å². The fourth-order valence-electron chi connectivity index (χ4n) is 4.81. The number of benzene rings is 2. The predicted octanol–water partition coefficient (Wildman–Crippen LogP) is 5.21. The Morgan fingerprint density at radius 1 is 1.06 bits per heavy atom. The van der Waals surface area contributed by atoms with Crippen molar-refractivity contribution in [3.63, 3.8) is 0 Å². The van der Waals surface area contributed by atoms with Gasteiger partial charge in [-0.05, 0) is 50.8 Å². The summed E-state index contributed by atoms with van der Waals surface area (Å²) < 4.78 is 13.8. The Kier molecular flexibility index (Phi) is 5.14. The minimum Gasteiger partial charge on any atom is -0.496 e. The number of ether oxygens (including phenoxy) is 2. The van der Waals surface area contributed by atoms with Crippen molar-refractivity contribution >= 4 is 23.0 Å². The normalized spacial score (nSPS) is 19.1. The highest BCUT2D eigenvalue weighted by Gasteiger charge is 2.37. The van der Waals surface area contributed by atoms with E-state index in [4.69, 9.17) is 14.5 Å². The van der Waals surface area contributed by atoms with E-state index in [1.54, 1.807) is 7.11 Å². The largest absolute Gasteiger partial charge is 0.496 e. The van der Waals surface area contributed by atoms with Gasteiger partial charge in [0, 0.05) is 11.3 Å². The molecule has 1 fully saturated rings. The number of imidazole rings is 1. The molecular formula is C25H27N3O3. The molecule has 2 heterocycles. The number of carbonyl (C=O) groups is 1. The lowest BCUT2D eigenvalue weighted by molar-refractivity contribution is -0.146. The van der Waals surface area contributed by atoms with Gasteiger partial charge in [0.15, 0.2) is 0 Å². The number of esters is 1. The molecule has 0 amide bonds. The molecule has 160 valence electrons. The Bertz CT molecular complexity index is 1160. The molecule has 0 unspecified atom stereocenters. The topological polar surface area (TPSA) is 65.4 Å². The first-order chi connectivity index (χ1) is 15.2. The number of carbonyl (C=O) groups excluding carboxylic acids is 1. The van der Waals surface area contributed by atoms with E-state index in [2.05, 4.69) is 9.88 Å². The van der Waals surface area contributed by atoms with Crippen molar-refractivity contribution < 1.29 is 14.3 Å². The van der Waals surface area contributed by atoms with E-state index < -0.39 is 6.04 Å². The molecule has 6 heteroatoms. The predicted molar refractivity (Wildman–Crippen MR) is 120 cm³/mol. The Morgan fingerprint density at radius 2 is 1.81 bits per heavy atom. The second-order valence-corrected chi connectivity index (χ2v) is 8.27. The van der Waals surface area contributed by atoms with Crippen molar-refractivity contribution in [3.05, 3.63) is 65.4 Å². The third kappa shape index (κ3) is 3.46. The molecule has 0 radical (unpaired) electrons. The number of fused-ring (bicyclic) bond motifs is 3. The highest BCUT2D eigenvalue weighted by atomic mass is 16.5. The van der Waals surface area contributed by atoms with Gasteiger partial charge < -0.3 is 14.8 Å². The van der Waals surface area contributed by atoms with Crippen LogP contribution in [-0.4, -0.2) is 28.7 Å². The third-order valence-corrected chi connectivity index (χ3v) is 6.31. The first kappa shape index (κ1) is 19.7. The maximum absolute atomic E-state index is 13.5. The summed E-state index contributed by atoms with van der Waals surface area (Å²) in [5.74, 6) is 1.17. The highest BCUT2D eigenvalue weighted by Crippen LogP contribution is 2.42. The van der Waals surface area contributed by atoms with Gasteiger partial charge in [0.1, 0.15) is 11.9 Å². The zero-order valence-corrected chi connectivity index (χ0v) is 17.9. The van der Waals surface area contributed by atoms with Crippen LogP contribution in [0.25, 0.3) is 11.0 Å². The third-order valence-electron chi connectivity index (χ3n) is 6.31. The summed E-state index contributed by atoms with van der Waals surface area (Å²) in [6.07, 6.45) is 5.29.